The van der Waals surface area contributed by atoms with E-state index < -0.39 is 0 Å². The Morgan fingerprint density at radius 1 is 1.41 bits per heavy atom. The van der Waals surface area contributed by atoms with E-state index in [1.165, 1.54) is 11.0 Å². The molecular formula is C17H20N4O. The maximum absolute atomic E-state index is 12.5. The van der Waals surface area contributed by atoms with Gasteiger partial charge in [-0.1, -0.05) is 6.92 Å². The Balaban J connectivity index is 2.35. The predicted molar refractivity (Wildman–Crippen MR) is 87.0 cm³/mol. The quantitative estimate of drug-likeness (QED) is 0.810. The second kappa shape index (κ2) is 5.45. The Morgan fingerprint density at radius 3 is 2.86 bits per heavy atom. The average Bonchev–Trinajstić information content (AvgIpc) is 2.50. The first-order chi connectivity index (χ1) is 10.5. The number of fused-ring (bicyclic) bond motifs is 1. The fourth-order valence-corrected chi connectivity index (χ4v) is 3.29. The van der Waals surface area contributed by atoms with Crippen LogP contribution in [0.5, 0.6) is 0 Å². The van der Waals surface area contributed by atoms with Crippen LogP contribution in [0.2, 0.25) is 0 Å². The fraction of sp³-hybridized carbons (Fsp3) is 0.471. The van der Waals surface area contributed by atoms with Crippen molar-refractivity contribution in [3.05, 3.63) is 33.7 Å². The van der Waals surface area contributed by atoms with Crippen molar-refractivity contribution in [3.63, 3.8) is 0 Å². The van der Waals surface area contributed by atoms with Gasteiger partial charge in [-0.25, -0.2) is 4.98 Å². The van der Waals surface area contributed by atoms with Gasteiger partial charge in [-0.05, 0) is 37.8 Å². The van der Waals surface area contributed by atoms with Crippen LogP contribution in [0.1, 0.15) is 31.0 Å². The van der Waals surface area contributed by atoms with Crippen molar-refractivity contribution < 1.29 is 0 Å². The van der Waals surface area contributed by atoms with E-state index in [-0.39, 0.29) is 11.1 Å². The Morgan fingerprint density at radius 2 is 2.18 bits per heavy atom. The molecule has 1 aliphatic rings. The molecule has 0 spiro atoms. The molecule has 1 atom stereocenters. The van der Waals surface area contributed by atoms with E-state index in [1.54, 1.807) is 7.05 Å². The first-order valence-electron chi connectivity index (χ1n) is 7.68. The van der Waals surface area contributed by atoms with Crippen molar-refractivity contribution in [2.24, 2.45) is 13.0 Å². The summed E-state index contributed by atoms with van der Waals surface area (Å²) in [6, 6.07) is 5.93. The smallest absolute Gasteiger partial charge is 0.270 e. The number of anilines is 1. The van der Waals surface area contributed by atoms with Gasteiger partial charge in [0, 0.05) is 25.8 Å². The molecule has 0 aliphatic carbocycles. The Bertz CT molecular complexity index is 831. The van der Waals surface area contributed by atoms with Gasteiger partial charge in [0.05, 0.1) is 11.2 Å². The van der Waals surface area contributed by atoms with Gasteiger partial charge in [-0.2, -0.15) is 5.26 Å². The summed E-state index contributed by atoms with van der Waals surface area (Å²) >= 11 is 0. The van der Waals surface area contributed by atoms with E-state index in [0.717, 1.165) is 41.9 Å². The first kappa shape index (κ1) is 14.6. The van der Waals surface area contributed by atoms with Crippen LogP contribution >= 0.6 is 0 Å². The summed E-state index contributed by atoms with van der Waals surface area (Å²) in [6.45, 7) is 5.88. The van der Waals surface area contributed by atoms with Gasteiger partial charge in [-0.15, -0.1) is 0 Å². The fourth-order valence-electron chi connectivity index (χ4n) is 3.29. The zero-order valence-corrected chi connectivity index (χ0v) is 13.3. The minimum absolute atomic E-state index is 0.210. The van der Waals surface area contributed by atoms with Crippen molar-refractivity contribution in [1.82, 2.24) is 9.55 Å². The third kappa shape index (κ3) is 2.25. The summed E-state index contributed by atoms with van der Waals surface area (Å²) in [5.41, 5.74) is 3.11. The summed E-state index contributed by atoms with van der Waals surface area (Å²) in [4.78, 5) is 19.3. The zero-order valence-electron chi connectivity index (χ0n) is 13.3. The number of aryl methyl sites for hydroxylation is 2. The molecule has 1 aliphatic heterocycles. The van der Waals surface area contributed by atoms with Gasteiger partial charge in [0.15, 0.2) is 0 Å². The van der Waals surface area contributed by atoms with E-state index in [2.05, 4.69) is 22.9 Å². The van der Waals surface area contributed by atoms with Crippen LogP contribution in [0.4, 0.5) is 5.69 Å². The maximum atomic E-state index is 12.5. The molecule has 2 aromatic rings. The highest BCUT2D eigenvalue weighted by molar-refractivity contribution is 5.91. The molecule has 0 radical (unpaired) electrons. The number of nitriles is 1. The second-order valence-electron chi connectivity index (χ2n) is 6.21. The predicted octanol–water partition coefficient (Wildman–Crippen LogP) is 2.35. The lowest BCUT2D eigenvalue weighted by Gasteiger charge is -2.33. The van der Waals surface area contributed by atoms with Crippen LogP contribution in [0, 0.1) is 24.2 Å². The van der Waals surface area contributed by atoms with Crippen molar-refractivity contribution in [2.45, 2.75) is 26.7 Å². The van der Waals surface area contributed by atoms with Crippen LogP contribution in [0.25, 0.3) is 11.0 Å². The van der Waals surface area contributed by atoms with Crippen molar-refractivity contribution in [1.29, 1.82) is 5.26 Å². The average molecular weight is 296 g/mol. The maximum Gasteiger partial charge on any atom is 0.270 e. The zero-order chi connectivity index (χ0) is 15.9. The van der Waals surface area contributed by atoms with E-state index in [4.69, 9.17) is 0 Å². The molecule has 114 valence electrons. The standard InChI is InChI=1S/C17H20N4O/c1-11-5-4-8-21(10-11)16-13(9-18)17(22)20(3)14-7-6-12(2)19-15(14)16/h6-7,11H,4-5,8,10H2,1-3H3. The molecule has 1 fully saturated rings. The molecule has 5 heteroatoms. The molecule has 0 N–H and O–H groups in total. The third-order valence-electron chi connectivity index (χ3n) is 4.44. The highest BCUT2D eigenvalue weighted by Gasteiger charge is 2.25. The number of pyridine rings is 2. The summed E-state index contributed by atoms with van der Waals surface area (Å²) < 4.78 is 1.53. The lowest BCUT2D eigenvalue weighted by Crippen LogP contribution is -2.37. The van der Waals surface area contributed by atoms with E-state index in [0.29, 0.717) is 5.92 Å². The number of nitrogens with zero attached hydrogens (tertiary/aromatic N) is 4. The number of aromatic nitrogens is 2. The summed E-state index contributed by atoms with van der Waals surface area (Å²) in [5, 5.41) is 9.53. The molecule has 0 bridgehead atoms. The Labute approximate surface area is 129 Å². The topological polar surface area (TPSA) is 61.9 Å². The number of piperidine rings is 1. The Hall–Kier alpha value is -2.35. The largest absolute Gasteiger partial charge is 0.368 e. The van der Waals surface area contributed by atoms with Crippen LogP contribution in [0.15, 0.2) is 16.9 Å². The minimum atomic E-state index is -0.242. The SMILES string of the molecule is Cc1ccc2c(n1)c(N1CCCC(C)C1)c(C#N)c(=O)n2C. The van der Waals surface area contributed by atoms with E-state index in [9.17, 15) is 10.1 Å². The third-order valence-corrected chi connectivity index (χ3v) is 4.44. The monoisotopic (exact) mass is 296 g/mol. The molecule has 5 nitrogen and oxygen atoms in total. The normalized spacial score (nSPS) is 18.5. The molecule has 1 unspecified atom stereocenters. The summed E-state index contributed by atoms with van der Waals surface area (Å²) in [7, 11) is 1.70. The lowest BCUT2D eigenvalue weighted by molar-refractivity contribution is 0.447. The minimum Gasteiger partial charge on any atom is -0.368 e. The van der Waals surface area contributed by atoms with Gasteiger partial charge < -0.3 is 9.47 Å². The molecule has 3 rings (SSSR count). The lowest BCUT2D eigenvalue weighted by atomic mass is 9.98. The second-order valence-corrected chi connectivity index (χ2v) is 6.21. The van der Waals surface area contributed by atoms with Crippen molar-refractivity contribution in [2.75, 3.05) is 18.0 Å². The number of hydrogen-bond donors (Lipinski definition) is 0. The molecule has 0 amide bonds. The molecule has 0 saturated carbocycles. The highest BCUT2D eigenvalue weighted by Crippen LogP contribution is 2.30. The van der Waals surface area contributed by atoms with Crippen LogP contribution in [-0.4, -0.2) is 22.6 Å². The first-order valence-corrected chi connectivity index (χ1v) is 7.68. The molecule has 3 heterocycles. The molecule has 2 aromatic heterocycles. The molecule has 1 saturated heterocycles. The van der Waals surface area contributed by atoms with Gasteiger partial charge in [0.25, 0.3) is 5.56 Å². The number of hydrogen-bond acceptors (Lipinski definition) is 4. The van der Waals surface area contributed by atoms with E-state index in [1.807, 2.05) is 19.1 Å². The molecule has 0 aromatic carbocycles. The van der Waals surface area contributed by atoms with Gasteiger partial charge in [-0.3, -0.25) is 4.79 Å². The van der Waals surface area contributed by atoms with Gasteiger partial charge >= 0.3 is 0 Å². The van der Waals surface area contributed by atoms with E-state index >= 15 is 0 Å². The van der Waals surface area contributed by atoms with Crippen LogP contribution in [0.3, 0.4) is 0 Å². The molecular weight excluding hydrogens is 276 g/mol. The van der Waals surface area contributed by atoms with Gasteiger partial charge in [0.1, 0.15) is 17.1 Å². The van der Waals surface area contributed by atoms with Crippen LogP contribution < -0.4 is 10.5 Å². The summed E-state index contributed by atoms with van der Waals surface area (Å²) in [5.74, 6) is 0.559. The van der Waals surface area contributed by atoms with Crippen LogP contribution in [-0.2, 0) is 7.05 Å². The van der Waals surface area contributed by atoms with Crippen molar-refractivity contribution in [3.8, 4) is 6.07 Å². The molecule has 22 heavy (non-hydrogen) atoms. The summed E-state index contributed by atoms with van der Waals surface area (Å²) in [6.07, 6.45) is 2.27. The number of rotatable bonds is 1. The highest BCUT2D eigenvalue weighted by atomic mass is 16.1. The van der Waals surface area contributed by atoms with Gasteiger partial charge in [0.2, 0.25) is 0 Å². The Kier molecular flexibility index (Phi) is 3.61. The van der Waals surface area contributed by atoms with Crippen molar-refractivity contribution >= 4 is 16.7 Å².